The van der Waals surface area contributed by atoms with E-state index in [4.69, 9.17) is 9.47 Å². The summed E-state index contributed by atoms with van der Waals surface area (Å²) in [6.07, 6.45) is 4.56. The third kappa shape index (κ3) is 6.07. The van der Waals surface area contributed by atoms with Crippen LogP contribution in [0.3, 0.4) is 0 Å². The molecule has 1 aromatic carbocycles. The van der Waals surface area contributed by atoms with Crippen LogP contribution in [-0.2, 0) is 19.6 Å². The normalized spacial score (nSPS) is 19.3. The van der Waals surface area contributed by atoms with Gasteiger partial charge in [0.25, 0.3) is 0 Å². The van der Waals surface area contributed by atoms with E-state index in [-0.39, 0.29) is 30.6 Å². The van der Waals surface area contributed by atoms with Crippen LogP contribution in [0.4, 0.5) is 0 Å². The van der Waals surface area contributed by atoms with E-state index in [0.717, 1.165) is 39.0 Å². The molecule has 2 heterocycles. The van der Waals surface area contributed by atoms with E-state index in [2.05, 4.69) is 11.9 Å². The zero-order chi connectivity index (χ0) is 24.2. The van der Waals surface area contributed by atoms with Crippen molar-refractivity contribution < 1.29 is 22.7 Å². The number of amides is 1. The van der Waals surface area contributed by atoms with Gasteiger partial charge in [-0.25, -0.2) is 8.42 Å². The maximum Gasteiger partial charge on any atom is 0.248 e. The van der Waals surface area contributed by atoms with Gasteiger partial charge < -0.3 is 19.3 Å². The maximum atomic E-state index is 13.1. The van der Waals surface area contributed by atoms with Gasteiger partial charge in [0.1, 0.15) is 12.4 Å². The molecule has 0 aliphatic carbocycles. The summed E-state index contributed by atoms with van der Waals surface area (Å²) in [5, 5.41) is 0. The van der Waals surface area contributed by atoms with Crippen molar-refractivity contribution >= 4 is 15.9 Å². The second-order valence-electron chi connectivity index (χ2n) is 9.65. The van der Waals surface area contributed by atoms with E-state index in [1.54, 1.807) is 33.1 Å². The molecule has 3 rings (SSSR count). The minimum absolute atomic E-state index is 0.00914. The number of ether oxygens (including phenoxy) is 2. The summed E-state index contributed by atoms with van der Waals surface area (Å²) in [5.41, 5.74) is 1.68. The van der Waals surface area contributed by atoms with Crippen molar-refractivity contribution in [3.63, 3.8) is 0 Å². The molecule has 8 nitrogen and oxygen atoms in total. The van der Waals surface area contributed by atoms with Crippen LogP contribution in [0, 0.1) is 19.3 Å². The summed E-state index contributed by atoms with van der Waals surface area (Å²) >= 11 is 0. The van der Waals surface area contributed by atoms with E-state index in [1.165, 1.54) is 24.2 Å². The SMILES string of the molecule is COc1cc(C)c(S(=O)(=O)N(C)CCOCC(=O)N2CCC3(CCN(C)CC3)CC2)c(C)c1. The number of carbonyl (C=O) groups excluding carboxylic acids is 1. The number of hydrogen-bond acceptors (Lipinski definition) is 6. The number of hydrogen-bond donors (Lipinski definition) is 0. The lowest BCUT2D eigenvalue weighted by molar-refractivity contribution is -0.139. The number of methoxy groups -OCH3 is 1. The number of nitrogens with zero attached hydrogens (tertiary/aromatic N) is 3. The molecule has 2 saturated heterocycles. The summed E-state index contributed by atoms with van der Waals surface area (Å²) < 4.78 is 38.2. The van der Waals surface area contributed by atoms with Gasteiger partial charge in [-0.3, -0.25) is 4.79 Å². The Hall–Kier alpha value is -1.68. The van der Waals surface area contributed by atoms with Crippen LogP contribution in [0.25, 0.3) is 0 Å². The Balaban J connectivity index is 1.45. The van der Waals surface area contributed by atoms with E-state index in [9.17, 15) is 13.2 Å². The summed E-state index contributed by atoms with van der Waals surface area (Å²) in [6.45, 7) is 7.72. The van der Waals surface area contributed by atoms with Gasteiger partial charge in [-0.2, -0.15) is 4.31 Å². The highest BCUT2D eigenvalue weighted by Gasteiger charge is 2.37. The molecule has 1 spiro atoms. The first-order valence-corrected chi connectivity index (χ1v) is 13.2. The standard InChI is InChI=1S/C24H39N3O5S/c1-19-16-21(31-5)17-20(2)23(19)33(29,30)26(4)14-15-32-18-22(28)27-12-8-24(9-13-27)6-10-25(3)11-7-24/h16-17H,6-15,18H2,1-5H3. The summed E-state index contributed by atoms with van der Waals surface area (Å²) in [5.74, 6) is 0.623. The fourth-order valence-corrected chi connectivity index (χ4v) is 6.54. The van der Waals surface area contributed by atoms with Crippen molar-refractivity contribution in [2.24, 2.45) is 5.41 Å². The van der Waals surface area contributed by atoms with Gasteiger partial charge in [0.15, 0.2) is 0 Å². The van der Waals surface area contributed by atoms with Gasteiger partial charge in [-0.15, -0.1) is 0 Å². The zero-order valence-electron chi connectivity index (χ0n) is 20.7. The Morgan fingerprint density at radius 3 is 2.15 bits per heavy atom. The zero-order valence-corrected chi connectivity index (χ0v) is 21.5. The number of carbonyl (C=O) groups is 1. The fourth-order valence-electron chi connectivity index (χ4n) is 4.98. The molecule has 0 saturated carbocycles. The highest BCUT2D eigenvalue weighted by molar-refractivity contribution is 7.89. The van der Waals surface area contributed by atoms with Gasteiger partial charge >= 0.3 is 0 Å². The van der Waals surface area contributed by atoms with E-state index in [1.807, 2.05) is 4.90 Å². The lowest BCUT2D eigenvalue weighted by Gasteiger charge is -2.46. The van der Waals surface area contributed by atoms with Crippen LogP contribution >= 0.6 is 0 Å². The molecular weight excluding hydrogens is 442 g/mol. The summed E-state index contributed by atoms with van der Waals surface area (Å²) in [7, 11) is 1.60. The molecule has 2 fully saturated rings. The molecule has 9 heteroatoms. The molecule has 33 heavy (non-hydrogen) atoms. The smallest absolute Gasteiger partial charge is 0.248 e. The molecule has 0 radical (unpaired) electrons. The molecule has 1 aromatic rings. The van der Waals surface area contributed by atoms with Gasteiger partial charge in [0.2, 0.25) is 15.9 Å². The molecule has 0 atom stereocenters. The van der Waals surface area contributed by atoms with Crippen molar-refractivity contribution in [3.8, 4) is 5.75 Å². The molecule has 2 aliphatic rings. The molecule has 186 valence electrons. The Morgan fingerprint density at radius 1 is 1.06 bits per heavy atom. The van der Waals surface area contributed by atoms with E-state index < -0.39 is 10.0 Å². The number of aryl methyl sites for hydroxylation is 2. The lowest BCUT2D eigenvalue weighted by atomic mass is 9.71. The molecular formula is C24H39N3O5S. The van der Waals surface area contributed by atoms with Crippen LogP contribution in [0.15, 0.2) is 17.0 Å². The molecule has 0 bridgehead atoms. The van der Waals surface area contributed by atoms with Crippen molar-refractivity contribution in [3.05, 3.63) is 23.3 Å². The number of likely N-dealkylation sites (tertiary alicyclic amines) is 2. The van der Waals surface area contributed by atoms with Crippen molar-refractivity contribution in [1.82, 2.24) is 14.1 Å². The summed E-state index contributed by atoms with van der Waals surface area (Å²) in [4.78, 5) is 17.1. The second kappa shape index (κ2) is 10.7. The Labute approximate surface area is 198 Å². The number of sulfonamides is 1. The summed E-state index contributed by atoms with van der Waals surface area (Å²) in [6, 6.07) is 3.44. The fraction of sp³-hybridized carbons (Fsp3) is 0.708. The van der Waals surface area contributed by atoms with Crippen LogP contribution in [0.5, 0.6) is 5.75 Å². The second-order valence-corrected chi connectivity index (χ2v) is 11.6. The van der Waals surface area contributed by atoms with Gasteiger partial charge in [0.05, 0.1) is 18.6 Å². The molecule has 0 aromatic heterocycles. The third-order valence-corrected chi connectivity index (χ3v) is 9.50. The van der Waals surface area contributed by atoms with Crippen LogP contribution in [0.1, 0.15) is 36.8 Å². The first-order chi connectivity index (χ1) is 15.6. The Morgan fingerprint density at radius 2 is 1.61 bits per heavy atom. The molecule has 1 amide bonds. The number of likely N-dealkylation sites (N-methyl/N-ethyl adjacent to an activating group) is 1. The van der Waals surface area contributed by atoms with E-state index in [0.29, 0.717) is 22.3 Å². The van der Waals surface area contributed by atoms with Crippen molar-refractivity contribution in [2.75, 3.05) is 67.1 Å². The minimum Gasteiger partial charge on any atom is -0.497 e. The minimum atomic E-state index is -3.67. The van der Waals surface area contributed by atoms with Crippen LogP contribution < -0.4 is 4.74 Å². The average molecular weight is 482 g/mol. The third-order valence-electron chi connectivity index (χ3n) is 7.34. The van der Waals surface area contributed by atoms with Gasteiger partial charge in [-0.05, 0) is 88.3 Å². The average Bonchev–Trinajstić information content (AvgIpc) is 2.78. The van der Waals surface area contributed by atoms with Gasteiger partial charge in [0, 0.05) is 26.7 Å². The monoisotopic (exact) mass is 481 g/mol. The first kappa shape index (κ1) is 25.9. The molecule has 0 unspecified atom stereocenters. The maximum absolute atomic E-state index is 13.1. The predicted molar refractivity (Wildman–Crippen MR) is 128 cm³/mol. The predicted octanol–water partition coefficient (Wildman–Crippen LogP) is 2.28. The van der Waals surface area contributed by atoms with Crippen molar-refractivity contribution in [1.29, 1.82) is 0 Å². The lowest BCUT2D eigenvalue weighted by Crippen LogP contribution is -2.48. The first-order valence-electron chi connectivity index (χ1n) is 11.7. The Kier molecular flexibility index (Phi) is 8.42. The molecule has 2 aliphatic heterocycles. The Bertz CT molecular complexity index is 908. The highest BCUT2D eigenvalue weighted by Crippen LogP contribution is 2.40. The van der Waals surface area contributed by atoms with Crippen LogP contribution in [0.2, 0.25) is 0 Å². The number of piperidine rings is 2. The molecule has 0 N–H and O–H groups in total. The van der Waals surface area contributed by atoms with E-state index >= 15 is 0 Å². The number of rotatable bonds is 8. The van der Waals surface area contributed by atoms with Gasteiger partial charge in [-0.1, -0.05) is 0 Å². The largest absolute Gasteiger partial charge is 0.497 e. The number of benzene rings is 1. The quantitative estimate of drug-likeness (QED) is 0.530. The highest BCUT2D eigenvalue weighted by atomic mass is 32.2. The van der Waals surface area contributed by atoms with Crippen LogP contribution in [-0.4, -0.2) is 95.6 Å². The topological polar surface area (TPSA) is 79.4 Å². The van der Waals surface area contributed by atoms with Crippen molar-refractivity contribution in [2.45, 2.75) is 44.4 Å².